The van der Waals surface area contributed by atoms with Crippen molar-refractivity contribution in [3.63, 3.8) is 0 Å². The second-order valence-electron chi connectivity index (χ2n) is 8.67. The summed E-state index contributed by atoms with van der Waals surface area (Å²) in [5.74, 6) is 2.06. The molecule has 6 nitrogen and oxygen atoms in total. The minimum Gasteiger partial charge on any atom is -0.484 e. The Morgan fingerprint density at radius 1 is 1.03 bits per heavy atom. The van der Waals surface area contributed by atoms with Crippen molar-refractivity contribution in [2.24, 2.45) is 11.0 Å². The van der Waals surface area contributed by atoms with E-state index in [0.717, 1.165) is 52.8 Å². The van der Waals surface area contributed by atoms with Gasteiger partial charge in [-0.25, -0.2) is 5.01 Å². The van der Waals surface area contributed by atoms with E-state index in [1.165, 1.54) is 0 Å². The number of hydrogen-bond donors (Lipinski definition) is 0. The minimum atomic E-state index is -0.280. The number of hydrogen-bond acceptors (Lipinski definition) is 5. The zero-order valence-electron chi connectivity index (χ0n) is 18.6. The number of allylic oxidation sites excluding steroid dienone is 1. The molecule has 2 aromatic carbocycles. The summed E-state index contributed by atoms with van der Waals surface area (Å²) in [5, 5.41) is 8.58. The summed E-state index contributed by atoms with van der Waals surface area (Å²) in [6, 6.07) is 21.2. The van der Waals surface area contributed by atoms with Crippen LogP contribution in [0.5, 0.6) is 5.75 Å². The van der Waals surface area contributed by atoms with Gasteiger partial charge in [0.1, 0.15) is 23.3 Å². The maximum absolute atomic E-state index is 13.4. The lowest BCUT2D eigenvalue weighted by Crippen LogP contribution is -2.34. The van der Waals surface area contributed by atoms with Gasteiger partial charge in [-0.1, -0.05) is 30.3 Å². The van der Waals surface area contributed by atoms with Gasteiger partial charge < -0.3 is 13.6 Å². The lowest BCUT2D eigenvalue weighted by atomic mass is 9.79. The summed E-state index contributed by atoms with van der Waals surface area (Å²) in [4.78, 5) is 13.4. The van der Waals surface area contributed by atoms with Gasteiger partial charge in [0.05, 0.1) is 18.2 Å². The van der Waals surface area contributed by atoms with Gasteiger partial charge in [0, 0.05) is 5.92 Å². The van der Waals surface area contributed by atoms with E-state index >= 15 is 0 Å². The average molecular weight is 453 g/mol. The predicted octanol–water partition coefficient (Wildman–Crippen LogP) is 6.23. The molecule has 0 bridgehead atoms. The summed E-state index contributed by atoms with van der Waals surface area (Å²) in [7, 11) is 0. The number of furan rings is 2. The van der Waals surface area contributed by atoms with Gasteiger partial charge in [0.25, 0.3) is 5.91 Å². The molecule has 1 fully saturated rings. The van der Waals surface area contributed by atoms with Gasteiger partial charge >= 0.3 is 0 Å². The number of carbonyl (C=O) groups is 1. The number of hydrazone groups is 1. The van der Waals surface area contributed by atoms with E-state index in [-0.39, 0.29) is 24.5 Å². The van der Waals surface area contributed by atoms with E-state index in [1.54, 1.807) is 17.5 Å². The van der Waals surface area contributed by atoms with E-state index in [9.17, 15) is 4.79 Å². The molecule has 1 aliphatic carbocycles. The van der Waals surface area contributed by atoms with Crippen LogP contribution in [0.25, 0.3) is 16.8 Å². The highest BCUT2D eigenvalue weighted by Gasteiger charge is 2.45. The van der Waals surface area contributed by atoms with Crippen LogP contribution in [0.15, 0.2) is 98.8 Å². The molecule has 2 aromatic heterocycles. The molecule has 0 saturated heterocycles. The molecule has 2 aliphatic rings. The Bertz CT molecular complexity index is 1370. The summed E-state index contributed by atoms with van der Waals surface area (Å²) in [6.45, 7) is -0.101. The number of ether oxygens (including phenoxy) is 1. The Kier molecular flexibility index (Phi) is 5.26. The molecule has 1 aliphatic heterocycles. The zero-order chi connectivity index (χ0) is 22.9. The zero-order valence-corrected chi connectivity index (χ0v) is 18.6. The van der Waals surface area contributed by atoms with Crippen LogP contribution in [0.4, 0.5) is 0 Å². The Balaban J connectivity index is 1.28. The highest BCUT2D eigenvalue weighted by atomic mass is 16.5. The van der Waals surface area contributed by atoms with Crippen LogP contribution in [-0.2, 0) is 4.79 Å². The molecular formula is C28H24N2O4. The Labute approximate surface area is 197 Å². The summed E-state index contributed by atoms with van der Waals surface area (Å²) in [5.41, 5.74) is 2.04. The first kappa shape index (κ1) is 20.5. The van der Waals surface area contributed by atoms with E-state index in [0.29, 0.717) is 5.75 Å². The molecule has 2 atom stereocenters. The highest BCUT2D eigenvalue weighted by molar-refractivity contribution is 6.08. The standard InChI is InChI=1S/C28H24N2O4/c31-26(18-34-23-13-12-19-6-1-2-7-20(19)16-23)30-28(25-11-5-15-33-25)24-10-3-8-21(27(24)29-30)17-22-9-4-14-32-22/h1-2,4-7,9,11-17,24,28H,3,8,10,18H2/b21-17-. The Morgan fingerprint density at radius 2 is 1.88 bits per heavy atom. The topological polar surface area (TPSA) is 68.2 Å². The van der Waals surface area contributed by atoms with Crippen molar-refractivity contribution in [3.05, 3.63) is 96.3 Å². The van der Waals surface area contributed by atoms with Crippen molar-refractivity contribution in [1.29, 1.82) is 0 Å². The number of amides is 1. The first-order chi connectivity index (χ1) is 16.8. The first-order valence-electron chi connectivity index (χ1n) is 11.6. The fourth-order valence-corrected chi connectivity index (χ4v) is 4.96. The van der Waals surface area contributed by atoms with Gasteiger partial charge in [0.15, 0.2) is 6.61 Å². The lowest BCUT2D eigenvalue weighted by molar-refractivity contribution is -0.136. The number of fused-ring (bicyclic) bond motifs is 2. The van der Waals surface area contributed by atoms with Gasteiger partial charge in [-0.2, -0.15) is 5.10 Å². The van der Waals surface area contributed by atoms with Crippen LogP contribution in [0, 0.1) is 5.92 Å². The molecule has 2 unspecified atom stereocenters. The molecule has 6 heteroatoms. The van der Waals surface area contributed by atoms with E-state index in [2.05, 4.69) is 0 Å². The van der Waals surface area contributed by atoms with Crippen molar-refractivity contribution < 1.29 is 18.4 Å². The smallest absolute Gasteiger partial charge is 0.281 e. The third-order valence-corrected chi connectivity index (χ3v) is 6.53. The van der Waals surface area contributed by atoms with Gasteiger partial charge in [-0.3, -0.25) is 4.79 Å². The number of rotatable bonds is 5. The van der Waals surface area contributed by atoms with Gasteiger partial charge in [-0.05, 0) is 78.1 Å². The number of nitrogens with zero attached hydrogens (tertiary/aromatic N) is 2. The van der Waals surface area contributed by atoms with E-state index in [4.69, 9.17) is 18.7 Å². The van der Waals surface area contributed by atoms with E-state index in [1.807, 2.05) is 72.8 Å². The first-order valence-corrected chi connectivity index (χ1v) is 11.6. The molecule has 34 heavy (non-hydrogen) atoms. The van der Waals surface area contributed by atoms with Crippen molar-refractivity contribution in [2.75, 3.05) is 6.61 Å². The van der Waals surface area contributed by atoms with Crippen LogP contribution >= 0.6 is 0 Å². The third kappa shape index (κ3) is 3.81. The van der Waals surface area contributed by atoms with E-state index < -0.39 is 0 Å². The van der Waals surface area contributed by atoms with Crippen LogP contribution in [-0.4, -0.2) is 23.2 Å². The maximum atomic E-state index is 13.4. The van der Waals surface area contributed by atoms with Crippen LogP contribution in [0.3, 0.4) is 0 Å². The summed E-state index contributed by atoms with van der Waals surface area (Å²) >= 11 is 0. The van der Waals surface area contributed by atoms with Crippen molar-refractivity contribution in [1.82, 2.24) is 5.01 Å². The largest absolute Gasteiger partial charge is 0.484 e. The Hall–Kier alpha value is -4.06. The summed E-state index contributed by atoms with van der Waals surface area (Å²) < 4.78 is 17.2. The van der Waals surface area contributed by atoms with Crippen LogP contribution < -0.4 is 4.74 Å². The SMILES string of the molecule is O=C(COc1ccc2ccccc2c1)N1N=C2/C(=C\c3ccco3)CCCC2C1c1ccco1. The monoisotopic (exact) mass is 452 g/mol. The van der Waals surface area contributed by atoms with Crippen molar-refractivity contribution in [3.8, 4) is 5.75 Å². The molecule has 170 valence electrons. The quantitative estimate of drug-likeness (QED) is 0.360. The van der Waals surface area contributed by atoms with Crippen LogP contribution in [0.1, 0.15) is 36.8 Å². The minimum absolute atomic E-state index is 0.0748. The number of benzene rings is 2. The fourth-order valence-electron chi connectivity index (χ4n) is 4.96. The molecule has 1 amide bonds. The molecule has 0 radical (unpaired) electrons. The summed E-state index contributed by atoms with van der Waals surface area (Å²) in [6.07, 6.45) is 8.19. The molecular weight excluding hydrogens is 428 g/mol. The Morgan fingerprint density at radius 3 is 2.71 bits per heavy atom. The number of carbonyl (C=O) groups excluding carboxylic acids is 1. The maximum Gasteiger partial charge on any atom is 0.281 e. The lowest BCUT2D eigenvalue weighted by Gasteiger charge is -2.27. The third-order valence-electron chi connectivity index (χ3n) is 6.53. The van der Waals surface area contributed by atoms with Gasteiger partial charge in [-0.15, -0.1) is 0 Å². The van der Waals surface area contributed by atoms with Crippen molar-refractivity contribution >= 4 is 28.5 Å². The molecule has 3 heterocycles. The second-order valence-corrected chi connectivity index (χ2v) is 8.67. The van der Waals surface area contributed by atoms with Crippen molar-refractivity contribution in [2.45, 2.75) is 25.3 Å². The molecule has 4 aromatic rings. The molecule has 0 N–H and O–H groups in total. The fraction of sp³-hybridized carbons (Fsp3) is 0.214. The normalized spacial score (nSPS) is 21.0. The molecule has 1 saturated carbocycles. The second kappa shape index (κ2) is 8.71. The predicted molar refractivity (Wildman–Crippen MR) is 129 cm³/mol. The highest BCUT2D eigenvalue weighted by Crippen LogP contribution is 2.44. The van der Waals surface area contributed by atoms with Crippen LogP contribution in [0.2, 0.25) is 0 Å². The van der Waals surface area contributed by atoms with Gasteiger partial charge in [0.2, 0.25) is 0 Å². The molecule has 6 rings (SSSR count). The average Bonchev–Trinajstić information content (AvgIpc) is 3.63. The molecule has 0 spiro atoms.